The van der Waals surface area contributed by atoms with Gasteiger partial charge in [0.05, 0.1) is 25.5 Å². The van der Waals surface area contributed by atoms with Crippen molar-refractivity contribution in [2.75, 3.05) is 33.9 Å². The number of rotatable bonds is 9. The fraction of sp³-hybridized carbons (Fsp3) is 0.444. The van der Waals surface area contributed by atoms with Gasteiger partial charge in [-0.1, -0.05) is 43.2 Å². The summed E-state index contributed by atoms with van der Waals surface area (Å²) in [5.41, 5.74) is 2.82. The van der Waals surface area contributed by atoms with Gasteiger partial charge in [-0.2, -0.15) is 5.10 Å². The number of methoxy groups -OCH3 is 2. The van der Waals surface area contributed by atoms with Crippen LogP contribution >= 0.6 is 0 Å². The highest BCUT2D eigenvalue weighted by Gasteiger charge is 2.35. The minimum Gasteiger partial charge on any atom is -0.497 e. The van der Waals surface area contributed by atoms with E-state index < -0.39 is 0 Å². The molecule has 0 aromatic heterocycles. The van der Waals surface area contributed by atoms with E-state index in [4.69, 9.17) is 14.6 Å². The third kappa shape index (κ3) is 5.47. The second-order valence-corrected chi connectivity index (χ2v) is 8.88. The van der Waals surface area contributed by atoms with Crippen LogP contribution in [-0.2, 0) is 14.3 Å². The number of nitrogens with zero attached hydrogens (tertiary/aromatic N) is 3. The van der Waals surface area contributed by atoms with Gasteiger partial charge < -0.3 is 14.4 Å². The van der Waals surface area contributed by atoms with Crippen LogP contribution in [0, 0.1) is 5.92 Å². The van der Waals surface area contributed by atoms with Crippen LogP contribution in [-0.4, -0.2) is 61.4 Å². The van der Waals surface area contributed by atoms with E-state index in [-0.39, 0.29) is 30.3 Å². The molecule has 0 unspecified atom stereocenters. The van der Waals surface area contributed by atoms with Crippen LogP contribution in [0.4, 0.5) is 0 Å². The normalized spacial score (nSPS) is 18.1. The number of carbonyl (C=O) groups is 2. The molecule has 2 aromatic carbocycles. The van der Waals surface area contributed by atoms with Crippen LogP contribution in [0.2, 0.25) is 0 Å². The zero-order chi connectivity index (χ0) is 23.9. The van der Waals surface area contributed by atoms with Crippen LogP contribution in [0.25, 0.3) is 0 Å². The number of hydrogen-bond acceptors (Lipinski definition) is 5. The lowest BCUT2D eigenvalue weighted by Gasteiger charge is -2.28. The molecule has 1 aliphatic carbocycles. The van der Waals surface area contributed by atoms with E-state index in [1.807, 2.05) is 54.6 Å². The molecule has 1 fully saturated rings. The van der Waals surface area contributed by atoms with Gasteiger partial charge in [0.15, 0.2) is 0 Å². The van der Waals surface area contributed by atoms with Gasteiger partial charge >= 0.3 is 0 Å². The van der Waals surface area contributed by atoms with Crippen molar-refractivity contribution < 1.29 is 19.1 Å². The van der Waals surface area contributed by atoms with Gasteiger partial charge in [0.2, 0.25) is 5.91 Å². The van der Waals surface area contributed by atoms with Crippen LogP contribution in [0.3, 0.4) is 0 Å². The van der Waals surface area contributed by atoms with E-state index in [1.165, 1.54) is 0 Å². The molecule has 0 saturated heterocycles. The molecule has 2 amide bonds. The Balaban J connectivity index is 1.57. The average molecular weight is 464 g/mol. The third-order valence-corrected chi connectivity index (χ3v) is 6.68. The minimum absolute atomic E-state index is 0.00141. The number of carbonyl (C=O) groups excluding carboxylic acids is 2. The van der Waals surface area contributed by atoms with Crippen LogP contribution in [0.5, 0.6) is 5.75 Å². The van der Waals surface area contributed by atoms with E-state index in [0.717, 1.165) is 48.3 Å². The second kappa shape index (κ2) is 11.3. The van der Waals surface area contributed by atoms with Gasteiger partial charge in [-0.3, -0.25) is 9.59 Å². The molecule has 0 spiro atoms. The molecule has 180 valence electrons. The molecular weight excluding hydrogens is 430 g/mol. The summed E-state index contributed by atoms with van der Waals surface area (Å²) in [6, 6.07) is 17.4. The molecule has 1 atom stereocenters. The number of hydrogen-bond donors (Lipinski definition) is 0. The van der Waals surface area contributed by atoms with Crippen molar-refractivity contribution in [3.8, 4) is 5.75 Å². The summed E-state index contributed by atoms with van der Waals surface area (Å²) in [4.78, 5) is 28.4. The van der Waals surface area contributed by atoms with E-state index in [1.54, 1.807) is 24.1 Å². The number of ether oxygens (including phenoxy) is 2. The maximum absolute atomic E-state index is 13.6. The van der Waals surface area contributed by atoms with E-state index in [0.29, 0.717) is 19.6 Å². The summed E-state index contributed by atoms with van der Waals surface area (Å²) in [6.45, 7) is 0.798. The number of amides is 2. The molecule has 2 aliphatic rings. The first-order chi connectivity index (χ1) is 16.6. The predicted molar refractivity (Wildman–Crippen MR) is 131 cm³/mol. The Morgan fingerprint density at radius 2 is 1.74 bits per heavy atom. The molecule has 1 aliphatic heterocycles. The molecule has 0 N–H and O–H groups in total. The molecule has 34 heavy (non-hydrogen) atoms. The highest BCUT2D eigenvalue weighted by Crippen LogP contribution is 2.33. The molecule has 0 radical (unpaired) electrons. The summed E-state index contributed by atoms with van der Waals surface area (Å²) in [7, 11) is 3.24. The summed E-state index contributed by atoms with van der Waals surface area (Å²) < 4.78 is 10.5. The van der Waals surface area contributed by atoms with Crippen molar-refractivity contribution in [1.82, 2.24) is 9.91 Å². The van der Waals surface area contributed by atoms with Crippen LogP contribution in [0.1, 0.15) is 49.3 Å². The predicted octanol–water partition coefficient (Wildman–Crippen LogP) is 4.04. The molecule has 7 nitrogen and oxygen atoms in total. The highest BCUT2D eigenvalue weighted by molar-refractivity contribution is 6.03. The average Bonchev–Trinajstić information content (AvgIpc) is 3.57. The molecule has 1 saturated carbocycles. The van der Waals surface area contributed by atoms with E-state index in [2.05, 4.69) is 0 Å². The van der Waals surface area contributed by atoms with Crippen molar-refractivity contribution in [3.05, 3.63) is 65.7 Å². The lowest BCUT2D eigenvalue weighted by molar-refractivity contribution is -0.144. The zero-order valence-electron chi connectivity index (χ0n) is 20.0. The minimum atomic E-state index is -0.211. The molecule has 7 heteroatoms. The quantitative estimate of drug-likeness (QED) is 0.563. The Hall–Kier alpha value is -3.19. The van der Waals surface area contributed by atoms with Gasteiger partial charge in [-0.15, -0.1) is 0 Å². The van der Waals surface area contributed by atoms with Gasteiger partial charge in [-0.25, -0.2) is 5.01 Å². The second-order valence-electron chi connectivity index (χ2n) is 8.88. The topological polar surface area (TPSA) is 71.4 Å². The lowest BCUT2D eigenvalue weighted by atomic mass is 9.98. The van der Waals surface area contributed by atoms with Gasteiger partial charge in [0.25, 0.3) is 5.91 Å². The first-order valence-corrected chi connectivity index (χ1v) is 12.0. The summed E-state index contributed by atoms with van der Waals surface area (Å²) in [5.74, 6) is 0.651. The highest BCUT2D eigenvalue weighted by atomic mass is 16.5. The Morgan fingerprint density at radius 3 is 2.38 bits per heavy atom. The molecule has 4 rings (SSSR count). The Bertz CT molecular complexity index is 1000. The van der Waals surface area contributed by atoms with Gasteiger partial charge in [-0.05, 0) is 48.2 Å². The summed E-state index contributed by atoms with van der Waals surface area (Å²) >= 11 is 0. The molecular formula is C27H33N3O4. The first kappa shape index (κ1) is 24.0. The monoisotopic (exact) mass is 463 g/mol. The summed E-state index contributed by atoms with van der Waals surface area (Å²) in [6.07, 6.45) is 4.54. The van der Waals surface area contributed by atoms with Crippen LogP contribution in [0.15, 0.2) is 59.7 Å². The number of benzene rings is 2. The zero-order valence-corrected chi connectivity index (χ0v) is 20.0. The van der Waals surface area contributed by atoms with Gasteiger partial charge in [0.1, 0.15) is 12.3 Å². The first-order valence-electron chi connectivity index (χ1n) is 12.0. The number of hydrazone groups is 1. The molecule has 1 heterocycles. The SMILES string of the molecule is COCCN(CC(=O)N1N=C(c2ccc(OC)cc2)C[C@H]1c1ccccc1)C(=O)C1CCCC1. The van der Waals surface area contributed by atoms with Crippen molar-refractivity contribution in [3.63, 3.8) is 0 Å². The fourth-order valence-electron chi connectivity index (χ4n) is 4.77. The Kier molecular flexibility index (Phi) is 7.95. The van der Waals surface area contributed by atoms with Crippen molar-refractivity contribution >= 4 is 17.5 Å². The lowest BCUT2D eigenvalue weighted by Crippen LogP contribution is -2.44. The largest absolute Gasteiger partial charge is 0.497 e. The summed E-state index contributed by atoms with van der Waals surface area (Å²) in [5, 5.41) is 6.32. The smallest absolute Gasteiger partial charge is 0.262 e. The fourth-order valence-corrected chi connectivity index (χ4v) is 4.77. The standard InChI is InChI=1S/C27H33N3O4/c1-33-17-16-29(27(32)22-10-6-7-11-22)19-26(31)30-25(21-8-4-3-5-9-21)18-24(28-30)20-12-14-23(34-2)15-13-20/h3-5,8-9,12-15,22,25H,6-7,10-11,16-19H2,1-2H3/t25-/m0/s1. The maximum Gasteiger partial charge on any atom is 0.262 e. The third-order valence-electron chi connectivity index (χ3n) is 6.68. The van der Waals surface area contributed by atoms with E-state index in [9.17, 15) is 9.59 Å². The van der Waals surface area contributed by atoms with E-state index >= 15 is 0 Å². The Morgan fingerprint density at radius 1 is 1.03 bits per heavy atom. The van der Waals surface area contributed by atoms with Crippen molar-refractivity contribution in [2.24, 2.45) is 11.0 Å². The van der Waals surface area contributed by atoms with Gasteiger partial charge in [0, 0.05) is 26.0 Å². The Labute approximate surface area is 201 Å². The van der Waals surface area contributed by atoms with Crippen LogP contribution < -0.4 is 4.74 Å². The molecule has 2 aromatic rings. The maximum atomic E-state index is 13.6. The molecule has 0 bridgehead atoms. The van der Waals surface area contributed by atoms with Crippen molar-refractivity contribution in [2.45, 2.75) is 38.1 Å². The van der Waals surface area contributed by atoms with Crippen molar-refractivity contribution in [1.29, 1.82) is 0 Å².